The zero-order chi connectivity index (χ0) is 13.5. The van der Waals surface area contributed by atoms with Crippen LogP contribution in [0.5, 0.6) is 0 Å². The molecule has 1 heterocycles. The highest BCUT2D eigenvalue weighted by molar-refractivity contribution is 5.77. The quantitative estimate of drug-likeness (QED) is 0.852. The fourth-order valence-corrected chi connectivity index (χ4v) is 1.75. The van der Waals surface area contributed by atoms with Crippen molar-refractivity contribution < 1.29 is 9.32 Å². The molecule has 0 fully saturated rings. The fraction of sp³-hybridized carbons (Fsp3) is 0.286. The summed E-state index contributed by atoms with van der Waals surface area (Å²) in [4.78, 5) is 13.6. The third-order valence-electron chi connectivity index (χ3n) is 2.67. The normalized spacial score (nSPS) is 10.6. The summed E-state index contributed by atoms with van der Waals surface area (Å²) in [5, 5.41) is 6.69. The van der Waals surface area contributed by atoms with Crippen molar-refractivity contribution in [3.8, 4) is 0 Å². The van der Waals surface area contributed by atoms with E-state index in [4.69, 9.17) is 4.52 Å². The first-order chi connectivity index (χ1) is 9.24. The molecule has 0 aliphatic rings. The lowest BCUT2D eigenvalue weighted by molar-refractivity contribution is -0.122. The minimum atomic E-state index is -0.00477. The molecule has 0 bridgehead atoms. The van der Waals surface area contributed by atoms with Gasteiger partial charge in [0.25, 0.3) is 0 Å². The van der Waals surface area contributed by atoms with Crippen molar-refractivity contribution in [2.24, 2.45) is 0 Å². The molecule has 2 rings (SSSR count). The van der Waals surface area contributed by atoms with E-state index in [1.54, 1.807) is 6.07 Å². The molecule has 0 aliphatic heterocycles. The maximum absolute atomic E-state index is 11.8. The Bertz CT molecular complexity index is 497. The average Bonchev–Trinajstić information content (AvgIpc) is 2.90. The summed E-state index contributed by atoms with van der Waals surface area (Å²) >= 11 is 0. The molecule has 19 heavy (non-hydrogen) atoms. The lowest BCUT2D eigenvalue weighted by atomic mass is 10.2. The first-order valence-electron chi connectivity index (χ1n) is 6.12. The largest absolute Gasteiger partial charge is 0.364 e. The van der Waals surface area contributed by atoms with Gasteiger partial charge in [-0.3, -0.25) is 9.69 Å². The van der Waals surface area contributed by atoms with Crippen molar-refractivity contribution in [1.29, 1.82) is 0 Å². The second-order valence-electron chi connectivity index (χ2n) is 4.43. The van der Waals surface area contributed by atoms with Gasteiger partial charge in [-0.2, -0.15) is 0 Å². The second kappa shape index (κ2) is 6.70. The van der Waals surface area contributed by atoms with Crippen LogP contribution >= 0.6 is 0 Å². The van der Waals surface area contributed by atoms with E-state index in [0.29, 0.717) is 19.6 Å². The van der Waals surface area contributed by atoms with Gasteiger partial charge in [0, 0.05) is 19.2 Å². The van der Waals surface area contributed by atoms with Gasteiger partial charge in [-0.25, -0.2) is 0 Å². The number of carbonyl (C=O) groups excluding carboxylic acids is 1. The van der Waals surface area contributed by atoms with Crippen LogP contribution in [-0.4, -0.2) is 29.6 Å². The maximum Gasteiger partial charge on any atom is 0.234 e. The van der Waals surface area contributed by atoms with Crippen LogP contribution in [0.2, 0.25) is 0 Å². The van der Waals surface area contributed by atoms with Gasteiger partial charge in [-0.1, -0.05) is 35.5 Å². The third kappa shape index (κ3) is 4.56. The summed E-state index contributed by atoms with van der Waals surface area (Å²) in [6, 6.07) is 11.6. The molecular formula is C14H17N3O2. The molecule has 1 aromatic carbocycles. The molecule has 100 valence electrons. The van der Waals surface area contributed by atoms with Gasteiger partial charge in [-0.15, -0.1) is 0 Å². The molecule has 0 atom stereocenters. The van der Waals surface area contributed by atoms with E-state index in [9.17, 15) is 4.79 Å². The Labute approximate surface area is 112 Å². The van der Waals surface area contributed by atoms with Gasteiger partial charge < -0.3 is 9.84 Å². The van der Waals surface area contributed by atoms with Crippen LogP contribution in [0.1, 0.15) is 11.3 Å². The first-order valence-corrected chi connectivity index (χ1v) is 6.12. The zero-order valence-electron chi connectivity index (χ0n) is 10.9. The number of aromatic nitrogens is 1. The molecule has 5 heteroatoms. The van der Waals surface area contributed by atoms with Gasteiger partial charge in [0.2, 0.25) is 5.91 Å². The number of carbonyl (C=O) groups is 1. The summed E-state index contributed by atoms with van der Waals surface area (Å²) in [5.41, 5.74) is 1.91. The SMILES string of the molecule is CN(CC(=O)NCc1ccccc1)Cc1ccon1. The van der Waals surface area contributed by atoms with Crippen LogP contribution in [0, 0.1) is 0 Å². The first kappa shape index (κ1) is 13.3. The van der Waals surface area contributed by atoms with E-state index >= 15 is 0 Å². The summed E-state index contributed by atoms with van der Waals surface area (Å²) < 4.78 is 4.75. The van der Waals surface area contributed by atoms with E-state index in [-0.39, 0.29) is 5.91 Å². The van der Waals surface area contributed by atoms with Crippen molar-refractivity contribution in [2.45, 2.75) is 13.1 Å². The fourth-order valence-electron chi connectivity index (χ4n) is 1.75. The minimum absolute atomic E-state index is 0.00477. The van der Waals surface area contributed by atoms with Crippen LogP contribution < -0.4 is 5.32 Å². The van der Waals surface area contributed by atoms with Crippen molar-refractivity contribution >= 4 is 5.91 Å². The zero-order valence-corrected chi connectivity index (χ0v) is 10.9. The van der Waals surface area contributed by atoms with Crippen LogP contribution in [0.25, 0.3) is 0 Å². The molecule has 0 unspecified atom stereocenters. The molecule has 0 saturated carbocycles. The standard InChI is InChI=1S/C14H17N3O2/c1-17(10-13-7-8-19-16-13)11-14(18)15-9-12-5-3-2-4-6-12/h2-8H,9-11H2,1H3,(H,15,18). The molecule has 0 radical (unpaired) electrons. The van der Waals surface area contributed by atoms with Crippen molar-refractivity contribution in [3.63, 3.8) is 0 Å². The topological polar surface area (TPSA) is 58.4 Å². The Hall–Kier alpha value is -2.14. The Morgan fingerprint density at radius 3 is 2.79 bits per heavy atom. The van der Waals surface area contributed by atoms with Crippen LogP contribution in [-0.2, 0) is 17.9 Å². The number of benzene rings is 1. The van der Waals surface area contributed by atoms with Gasteiger partial charge in [0.05, 0.1) is 12.2 Å². The molecule has 1 aromatic heterocycles. The van der Waals surface area contributed by atoms with Gasteiger partial charge >= 0.3 is 0 Å². The lowest BCUT2D eigenvalue weighted by Gasteiger charge is -2.14. The Morgan fingerprint density at radius 2 is 2.11 bits per heavy atom. The maximum atomic E-state index is 11.8. The summed E-state index contributed by atoms with van der Waals surface area (Å²) in [6.45, 7) is 1.48. The molecule has 0 saturated heterocycles. The highest BCUT2D eigenvalue weighted by atomic mass is 16.5. The van der Waals surface area contributed by atoms with E-state index < -0.39 is 0 Å². The van der Waals surface area contributed by atoms with Crippen LogP contribution in [0.4, 0.5) is 0 Å². The van der Waals surface area contributed by atoms with Gasteiger partial charge in [0.15, 0.2) is 0 Å². The predicted octanol–water partition coefficient (Wildman–Crippen LogP) is 1.42. The van der Waals surface area contributed by atoms with Crippen LogP contribution in [0.15, 0.2) is 47.2 Å². The summed E-state index contributed by atoms with van der Waals surface area (Å²) in [7, 11) is 1.87. The van der Waals surface area contributed by atoms with Gasteiger partial charge in [-0.05, 0) is 12.6 Å². The van der Waals surface area contributed by atoms with E-state index in [1.807, 2.05) is 42.3 Å². The Kier molecular flexibility index (Phi) is 4.69. The van der Waals surface area contributed by atoms with E-state index in [0.717, 1.165) is 11.3 Å². The number of likely N-dealkylation sites (N-methyl/N-ethyl adjacent to an activating group) is 1. The Morgan fingerprint density at radius 1 is 1.32 bits per heavy atom. The van der Waals surface area contributed by atoms with Crippen LogP contribution in [0.3, 0.4) is 0 Å². The highest BCUT2D eigenvalue weighted by Crippen LogP contribution is 2.00. The van der Waals surface area contributed by atoms with Crippen molar-refractivity contribution in [3.05, 3.63) is 53.9 Å². The molecular weight excluding hydrogens is 242 g/mol. The summed E-state index contributed by atoms with van der Waals surface area (Å²) in [6.07, 6.45) is 1.53. The average molecular weight is 259 g/mol. The van der Waals surface area contributed by atoms with E-state index in [1.165, 1.54) is 6.26 Å². The third-order valence-corrected chi connectivity index (χ3v) is 2.67. The van der Waals surface area contributed by atoms with E-state index in [2.05, 4.69) is 10.5 Å². The lowest BCUT2D eigenvalue weighted by Crippen LogP contribution is -2.34. The molecule has 0 spiro atoms. The monoisotopic (exact) mass is 259 g/mol. The molecule has 0 aliphatic carbocycles. The Balaban J connectivity index is 1.72. The predicted molar refractivity (Wildman–Crippen MR) is 71.1 cm³/mol. The smallest absolute Gasteiger partial charge is 0.234 e. The number of hydrogen-bond acceptors (Lipinski definition) is 4. The number of rotatable bonds is 6. The van der Waals surface area contributed by atoms with Crippen molar-refractivity contribution in [2.75, 3.05) is 13.6 Å². The highest BCUT2D eigenvalue weighted by Gasteiger charge is 2.08. The number of nitrogens with one attached hydrogen (secondary N) is 1. The molecule has 2 aromatic rings. The molecule has 1 N–H and O–H groups in total. The molecule has 5 nitrogen and oxygen atoms in total. The summed E-state index contributed by atoms with van der Waals surface area (Å²) in [5.74, 6) is -0.00477. The number of amides is 1. The number of hydrogen-bond donors (Lipinski definition) is 1. The van der Waals surface area contributed by atoms with Gasteiger partial charge in [0.1, 0.15) is 6.26 Å². The second-order valence-corrected chi connectivity index (χ2v) is 4.43. The molecule has 1 amide bonds. The minimum Gasteiger partial charge on any atom is -0.364 e. The van der Waals surface area contributed by atoms with Crippen molar-refractivity contribution in [1.82, 2.24) is 15.4 Å². The number of nitrogens with zero attached hydrogens (tertiary/aromatic N) is 2.